The number of alkyl halides is 3. The molecule has 33 heavy (non-hydrogen) atoms. The molecule has 0 bridgehead atoms. The molecule has 0 aliphatic heterocycles. The predicted molar refractivity (Wildman–Crippen MR) is 122 cm³/mol. The summed E-state index contributed by atoms with van der Waals surface area (Å²) < 4.78 is 40.8. The Labute approximate surface area is 192 Å². The molecule has 1 amide bonds. The summed E-state index contributed by atoms with van der Waals surface area (Å²) in [5, 5.41) is 2.77. The van der Waals surface area contributed by atoms with Crippen LogP contribution in [0.25, 0.3) is 5.65 Å². The van der Waals surface area contributed by atoms with E-state index >= 15 is 0 Å². The van der Waals surface area contributed by atoms with Gasteiger partial charge in [-0.2, -0.15) is 13.2 Å². The van der Waals surface area contributed by atoms with Gasteiger partial charge in [-0.25, -0.2) is 4.98 Å². The summed E-state index contributed by atoms with van der Waals surface area (Å²) in [6.07, 6.45) is 0.544. The minimum atomic E-state index is -4.43. The number of rotatable bonds is 5. The highest BCUT2D eigenvalue weighted by atomic mass is 32.2. The number of aromatic nitrogens is 3. The van der Waals surface area contributed by atoms with E-state index in [0.29, 0.717) is 28.5 Å². The lowest BCUT2D eigenvalue weighted by Gasteiger charge is -2.05. The molecular weight excluding hydrogens is 449 g/mol. The van der Waals surface area contributed by atoms with Crippen molar-refractivity contribution in [1.82, 2.24) is 14.4 Å². The molecule has 9 heteroatoms. The Balaban J connectivity index is 1.52. The van der Waals surface area contributed by atoms with Crippen LogP contribution in [0.2, 0.25) is 0 Å². The van der Waals surface area contributed by atoms with Crippen LogP contribution in [0, 0.1) is 11.8 Å². The number of fused-ring (bicyclic) bond motifs is 1. The first-order valence-electron chi connectivity index (χ1n) is 9.83. The average molecular weight is 466 g/mol. The number of pyridine rings is 2. The maximum atomic E-state index is 13.0. The summed E-state index contributed by atoms with van der Waals surface area (Å²) in [6.45, 7) is 0. The number of nitrogens with zero attached hydrogens (tertiary/aromatic N) is 3. The van der Waals surface area contributed by atoms with Gasteiger partial charge in [0, 0.05) is 23.7 Å². The fraction of sp³-hybridized carbons (Fsp3) is 0.125. The second kappa shape index (κ2) is 9.79. The zero-order valence-corrected chi connectivity index (χ0v) is 18.0. The molecule has 4 rings (SSSR count). The Morgan fingerprint density at radius 3 is 2.76 bits per heavy atom. The summed E-state index contributed by atoms with van der Waals surface area (Å²) >= 11 is 1.37. The van der Waals surface area contributed by atoms with Crippen LogP contribution in [0.5, 0.6) is 0 Å². The zero-order valence-electron chi connectivity index (χ0n) is 17.1. The van der Waals surface area contributed by atoms with Crippen molar-refractivity contribution >= 4 is 29.0 Å². The number of anilines is 1. The van der Waals surface area contributed by atoms with E-state index in [1.165, 1.54) is 23.9 Å². The molecule has 3 heterocycles. The molecule has 1 aromatic carbocycles. The Morgan fingerprint density at radius 1 is 1.09 bits per heavy atom. The Morgan fingerprint density at radius 2 is 1.97 bits per heavy atom. The number of hydrogen-bond donors (Lipinski definition) is 1. The second-order valence-electron chi connectivity index (χ2n) is 6.95. The van der Waals surface area contributed by atoms with Crippen LogP contribution in [-0.2, 0) is 16.7 Å². The molecule has 0 radical (unpaired) electrons. The second-order valence-corrected chi connectivity index (χ2v) is 7.93. The van der Waals surface area contributed by atoms with Gasteiger partial charge in [-0.05, 0) is 48.4 Å². The van der Waals surface area contributed by atoms with Crippen molar-refractivity contribution in [2.24, 2.45) is 0 Å². The highest BCUT2D eigenvalue weighted by molar-refractivity contribution is 7.99. The lowest BCUT2D eigenvalue weighted by Crippen LogP contribution is -2.14. The van der Waals surface area contributed by atoms with Gasteiger partial charge in [-0.3, -0.25) is 14.2 Å². The number of imidazole rings is 1. The SMILES string of the molecule is O=C(CSCc1nc2ccccn2c1C#Cc1cccc(C(F)(F)F)c1)Nc1cccnc1. The number of carbonyl (C=O) groups is 1. The van der Waals surface area contributed by atoms with E-state index in [2.05, 4.69) is 27.1 Å². The average Bonchev–Trinajstić information content (AvgIpc) is 3.15. The first-order chi connectivity index (χ1) is 15.9. The van der Waals surface area contributed by atoms with Crippen molar-refractivity contribution in [2.75, 3.05) is 11.1 Å². The summed E-state index contributed by atoms with van der Waals surface area (Å²) in [4.78, 5) is 20.7. The molecule has 5 nitrogen and oxygen atoms in total. The molecule has 0 saturated heterocycles. The van der Waals surface area contributed by atoms with Gasteiger partial charge >= 0.3 is 6.18 Å². The third kappa shape index (κ3) is 5.73. The van der Waals surface area contributed by atoms with Crippen molar-refractivity contribution in [1.29, 1.82) is 0 Å². The monoisotopic (exact) mass is 466 g/mol. The van der Waals surface area contributed by atoms with Gasteiger partial charge in [0.2, 0.25) is 5.91 Å². The lowest BCUT2D eigenvalue weighted by atomic mass is 10.1. The van der Waals surface area contributed by atoms with Gasteiger partial charge in [0.1, 0.15) is 11.3 Å². The quantitative estimate of drug-likeness (QED) is 0.420. The van der Waals surface area contributed by atoms with Gasteiger partial charge in [-0.15, -0.1) is 11.8 Å². The molecule has 4 aromatic rings. The van der Waals surface area contributed by atoms with E-state index in [9.17, 15) is 18.0 Å². The third-order valence-electron chi connectivity index (χ3n) is 4.53. The molecule has 0 aliphatic carbocycles. The largest absolute Gasteiger partial charge is 0.416 e. The number of halogens is 3. The van der Waals surface area contributed by atoms with Crippen LogP contribution in [0.3, 0.4) is 0 Å². The predicted octanol–water partition coefficient (Wildman–Crippen LogP) is 5.02. The van der Waals surface area contributed by atoms with Crippen LogP contribution in [0.15, 0.2) is 73.2 Å². The summed E-state index contributed by atoms with van der Waals surface area (Å²) in [5.74, 6) is 6.22. The standard InChI is InChI=1S/C24H17F3N4OS/c25-24(26,27)18-6-3-5-17(13-18)9-10-21-20(30-22-8-1-2-12-31(21)22)15-33-16-23(32)29-19-7-4-11-28-14-19/h1-8,11-14H,15-16H2,(H,29,32). The van der Waals surface area contributed by atoms with E-state index in [-0.39, 0.29) is 17.2 Å². The minimum absolute atomic E-state index is 0.173. The molecule has 0 saturated carbocycles. The molecule has 0 atom stereocenters. The van der Waals surface area contributed by atoms with E-state index in [0.717, 1.165) is 12.1 Å². The van der Waals surface area contributed by atoms with Crippen molar-refractivity contribution in [3.8, 4) is 11.8 Å². The molecular formula is C24H17F3N4OS. The number of amides is 1. The third-order valence-corrected chi connectivity index (χ3v) is 5.48. The molecule has 0 fully saturated rings. The topological polar surface area (TPSA) is 59.3 Å². The van der Waals surface area contributed by atoms with Gasteiger partial charge < -0.3 is 5.32 Å². The zero-order chi connectivity index (χ0) is 23.3. The number of thioether (sulfide) groups is 1. The highest BCUT2D eigenvalue weighted by Crippen LogP contribution is 2.29. The van der Waals surface area contributed by atoms with E-state index in [4.69, 9.17) is 0 Å². The van der Waals surface area contributed by atoms with Crippen LogP contribution >= 0.6 is 11.8 Å². The maximum absolute atomic E-state index is 13.0. The van der Waals surface area contributed by atoms with E-state index in [1.54, 1.807) is 35.1 Å². The van der Waals surface area contributed by atoms with Crippen molar-refractivity contribution < 1.29 is 18.0 Å². The van der Waals surface area contributed by atoms with Crippen LogP contribution in [0.4, 0.5) is 18.9 Å². The van der Waals surface area contributed by atoms with E-state index in [1.807, 2.05) is 18.2 Å². The molecule has 0 aliphatic rings. The molecule has 166 valence electrons. The Kier molecular flexibility index (Phi) is 6.66. The fourth-order valence-corrected chi connectivity index (χ4v) is 3.81. The van der Waals surface area contributed by atoms with Crippen LogP contribution in [-0.4, -0.2) is 26.0 Å². The molecule has 1 N–H and O–H groups in total. The maximum Gasteiger partial charge on any atom is 0.416 e. The van der Waals surface area contributed by atoms with Crippen molar-refractivity contribution in [2.45, 2.75) is 11.9 Å². The molecule has 0 unspecified atom stereocenters. The van der Waals surface area contributed by atoms with Crippen molar-refractivity contribution in [3.05, 3.63) is 95.7 Å². The summed E-state index contributed by atoms with van der Waals surface area (Å²) in [5.41, 5.74) is 2.01. The minimum Gasteiger partial charge on any atom is -0.324 e. The first kappa shape index (κ1) is 22.4. The summed E-state index contributed by atoms with van der Waals surface area (Å²) in [6, 6.07) is 13.9. The van der Waals surface area contributed by atoms with Gasteiger partial charge in [0.05, 0.1) is 28.9 Å². The fourth-order valence-electron chi connectivity index (χ4n) is 3.06. The lowest BCUT2D eigenvalue weighted by molar-refractivity contribution is -0.137. The molecule has 3 aromatic heterocycles. The highest BCUT2D eigenvalue weighted by Gasteiger charge is 2.30. The van der Waals surface area contributed by atoms with Gasteiger partial charge in [0.15, 0.2) is 0 Å². The van der Waals surface area contributed by atoms with Crippen LogP contribution in [0.1, 0.15) is 22.5 Å². The van der Waals surface area contributed by atoms with E-state index < -0.39 is 11.7 Å². The Bertz CT molecular complexity index is 1340. The smallest absolute Gasteiger partial charge is 0.324 e. The normalized spacial score (nSPS) is 11.1. The molecule has 0 spiro atoms. The number of carbonyl (C=O) groups excluding carboxylic acids is 1. The summed E-state index contributed by atoms with van der Waals surface area (Å²) in [7, 11) is 0. The van der Waals surface area contributed by atoms with Crippen molar-refractivity contribution in [3.63, 3.8) is 0 Å². The number of benzene rings is 1. The number of nitrogens with one attached hydrogen (secondary N) is 1. The Hall–Kier alpha value is -3.77. The first-order valence-corrected chi connectivity index (χ1v) is 11.0. The van der Waals surface area contributed by atoms with Gasteiger partial charge in [0.25, 0.3) is 0 Å². The van der Waals surface area contributed by atoms with Gasteiger partial charge in [-0.1, -0.05) is 18.1 Å². The van der Waals surface area contributed by atoms with Crippen LogP contribution < -0.4 is 5.32 Å². The number of hydrogen-bond acceptors (Lipinski definition) is 4.